The van der Waals surface area contributed by atoms with Crippen molar-refractivity contribution in [2.45, 2.75) is 6.04 Å². The number of hydrogen-bond donors (Lipinski definition) is 1. The highest BCUT2D eigenvalue weighted by atomic mass is 16.6. The summed E-state index contributed by atoms with van der Waals surface area (Å²) >= 11 is 0. The van der Waals surface area contributed by atoms with Gasteiger partial charge >= 0.3 is 12.0 Å². The van der Waals surface area contributed by atoms with Crippen molar-refractivity contribution in [2.75, 3.05) is 20.6 Å². The molecule has 2 aliphatic rings. The number of amidine groups is 1. The van der Waals surface area contributed by atoms with Gasteiger partial charge < -0.3 is 0 Å². The van der Waals surface area contributed by atoms with E-state index in [4.69, 9.17) is 0 Å². The number of amides is 3. The number of nitrogens with zero attached hydrogens (tertiary/aromatic N) is 6. The van der Waals surface area contributed by atoms with Gasteiger partial charge in [-0.2, -0.15) is 5.43 Å². The number of carbonyl (C=O) groups is 2. The van der Waals surface area contributed by atoms with Crippen LogP contribution in [0.5, 0.6) is 0 Å². The molecule has 11 nitrogen and oxygen atoms in total. The highest BCUT2D eigenvalue weighted by molar-refractivity contribution is 6.22. The number of aliphatic imine (C=N–C) groups is 1. The van der Waals surface area contributed by atoms with Crippen LogP contribution in [0.2, 0.25) is 0 Å². The van der Waals surface area contributed by atoms with Crippen molar-refractivity contribution in [3.63, 3.8) is 0 Å². The zero-order valence-electron chi connectivity index (χ0n) is 15.3. The zero-order valence-corrected chi connectivity index (χ0v) is 15.3. The maximum absolute atomic E-state index is 12.6. The van der Waals surface area contributed by atoms with Crippen molar-refractivity contribution in [2.24, 2.45) is 10.1 Å². The van der Waals surface area contributed by atoms with Crippen molar-refractivity contribution in [1.29, 1.82) is 0 Å². The lowest BCUT2D eigenvalue weighted by atomic mass is 10.1. The number of benzene rings is 1. The van der Waals surface area contributed by atoms with Crippen LogP contribution in [0.1, 0.15) is 5.56 Å². The maximum atomic E-state index is 12.6. The van der Waals surface area contributed by atoms with E-state index in [1.807, 2.05) is 0 Å². The van der Waals surface area contributed by atoms with Crippen LogP contribution < -0.4 is 5.43 Å². The highest BCUT2D eigenvalue weighted by Crippen LogP contribution is 2.18. The van der Waals surface area contributed by atoms with Crippen LogP contribution in [-0.4, -0.2) is 75.9 Å². The second-order valence-electron chi connectivity index (χ2n) is 6.10. The third kappa shape index (κ3) is 3.24. The van der Waals surface area contributed by atoms with Gasteiger partial charge in [0.1, 0.15) is 0 Å². The molecule has 0 aromatic heterocycles. The van der Waals surface area contributed by atoms with Crippen LogP contribution in [0.3, 0.4) is 0 Å². The Morgan fingerprint density at radius 2 is 2.14 bits per heavy atom. The van der Waals surface area contributed by atoms with Crippen LogP contribution in [0.15, 0.2) is 47.0 Å². The molecule has 0 radical (unpaired) electrons. The van der Waals surface area contributed by atoms with E-state index in [2.05, 4.69) is 22.1 Å². The van der Waals surface area contributed by atoms with Crippen molar-refractivity contribution in [1.82, 2.24) is 15.2 Å². The standard InChI is InChI=1S/C17H17N7O4/c1-4-8-23-13-14(21(2)17(26)22(3)15(13)25)19-16(23)20-18-10-11-6-5-7-12(9-11)24(27)28/h4-7,9-10,13H,1,8H2,2-3H3/p+1/b18-10+. The molecular weight excluding hydrogens is 366 g/mol. The molecule has 1 fully saturated rings. The molecule has 3 amide bonds. The van der Waals surface area contributed by atoms with Gasteiger partial charge in [0.15, 0.2) is 0 Å². The van der Waals surface area contributed by atoms with E-state index in [-0.39, 0.29) is 11.6 Å². The molecule has 2 heterocycles. The fourth-order valence-electron chi connectivity index (χ4n) is 2.90. The first-order valence-electron chi connectivity index (χ1n) is 8.27. The second-order valence-corrected chi connectivity index (χ2v) is 6.10. The molecule has 1 aromatic rings. The number of hydrazone groups is 1. The average Bonchev–Trinajstić information content (AvgIpc) is 3.04. The van der Waals surface area contributed by atoms with Crippen molar-refractivity contribution >= 4 is 35.6 Å². The van der Waals surface area contributed by atoms with Gasteiger partial charge in [-0.1, -0.05) is 29.8 Å². The lowest BCUT2D eigenvalue weighted by molar-refractivity contribution is -0.527. The Bertz CT molecular complexity index is 966. The second kappa shape index (κ2) is 7.39. The molecule has 1 aromatic carbocycles. The summed E-state index contributed by atoms with van der Waals surface area (Å²) < 4.78 is 1.63. The molecule has 1 N–H and O–H groups in total. The number of guanidine groups is 1. The first-order chi connectivity index (χ1) is 13.3. The van der Waals surface area contributed by atoms with E-state index in [0.717, 1.165) is 4.90 Å². The summed E-state index contributed by atoms with van der Waals surface area (Å²) in [6.45, 7) is 3.99. The van der Waals surface area contributed by atoms with Crippen molar-refractivity contribution in [3.8, 4) is 0 Å². The number of imide groups is 1. The Hall–Kier alpha value is -3.89. The quantitative estimate of drug-likeness (QED) is 0.258. The van der Waals surface area contributed by atoms with E-state index in [0.29, 0.717) is 17.9 Å². The summed E-state index contributed by atoms with van der Waals surface area (Å²) in [7, 11) is 2.95. The van der Waals surface area contributed by atoms with E-state index >= 15 is 0 Å². The fourth-order valence-corrected chi connectivity index (χ4v) is 2.90. The average molecular weight is 384 g/mol. The van der Waals surface area contributed by atoms with E-state index < -0.39 is 22.9 Å². The molecule has 144 valence electrons. The summed E-state index contributed by atoms with van der Waals surface area (Å²) in [6.07, 6.45) is 3.01. The number of fused-ring (bicyclic) bond motifs is 1. The van der Waals surface area contributed by atoms with Crippen molar-refractivity contribution in [3.05, 3.63) is 52.6 Å². The van der Waals surface area contributed by atoms with Gasteiger partial charge in [0.25, 0.3) is 11.6 Å². The molecule has 1 atom stereocenters. The number of nitrogens with one attached hydrogen (secondary N) is 1. The van der Waals surface area contributed by atoms with Gasteiger partial charge in [0, 0.05) is 31.8 Å². The molecule has 0 aliphatic carbocycles. The molecule has 1 saturated heterocycles. The molecule has 3 rings (SSSR count). The Kier molecular flexibility index (Phi) is 4.98. The maximum Gasteiger partial charge on any atom is 0.414 e. The predicted octanol–water partition coefficient (Wildman–Crippen LogP) is 0.377. The Morgan fingerprint density at radius 1 is 1.39 bits per heavy atom. The third-order valence-electron chi connectivity index (χ3n) is 4.32. The summed E-state index contributed by atoms with van der Waals surface area (Å²) in [6, 6.07) is 4.74. The van der Waals surface area contributed by atoms with Gasteiger partial charge in [-0.15, -0.1) is 5.10 Å². The largest absolute Gasteiger partial charge is 0.414 e. The first-order valence-corrected chi connectivity index (χ1v) is 8.27. The highest BCUT2D eigenvalue weighted by Gasteiger charge is 2.51. The molecule has 1 unspecified atom stereocenters. The fraction of sp³-hybridized carbons (Fsp3) is 0.235. The minimum Gasteiger partial charge on any atom is -0.270 e. The van der Waals surface area contributed by atoms with Gasteiger partial charge in [-0.3, -0.25) is 24.7 Å². The molecule has 11 heteroatoms. The minimum absolute atomic E-state index is 0.0502. The van der Waals surface area contributed by atoms with Crippen LogP contribution in [-0.2, 0) is 4.79 Å². The number of rotatable bonds is 5. The van der Waals surface area contributed by atoms with Gasteiger partial charge in [0.05, 0.1) is 17.7 Å². The monoisotopic (exact) mass is 384 g/mol. The summed E-state index contributed by atoms with van der Waals surface area (Å²) in [5, 5.41) is 14.9. The normalized spacial score (nSPS) is 19.2. The van der Waals surface area contributed by atoms with Gasteiger partial charge in [-0.05, 0) is 0 Å². The number of nitro benzene ring substituents is 1. The smallest absolute Gasteiger partial charge is 0.270 e. The Balaban J connectivity index is 1.88. The topological polar surface area (TPSA) is 124 Å². The summed E-state index contributed by atoms with van der Waals surface area (Å²) in [5.41, 5.74) is 3.21. The molecule has 2 aliphatic heterocycles. The molecule has 0 saturated carbocycles. The number of urea groups is 1. The van der Waals surface area contributed by atoms with Crippen molar-refractivity contribution < 1.29 is 19.1 Å². The minimum atomic E-state index is -0.763. The number of nitro groups is 1. The third-order valence-corrected chi connectivity index (χ3v) is 4.32. The van der Waals surface area contributed by atoms with Gasteiger partial charge in [0.2, 0.25) is 11.9 Å². The van der Waals surface area contributed by atoms with Gasteiger partial charge in [-0.25, -0.2) is 9.37 Å². The SMILES string of the molecule is C=CC[N+]1=C(N/N=C/c2cccc([N+](=O)[O-])c2)N=C2C1C(=O)N(C)C(=O)N2C. The summed E-state index contributed by atoms with van der Waals surface area (Å²) in [5.74, 6) is 0.163. The zero-order chi connectivity index (χ0) is 20.4. The molecule has 28 heavy (non-hydrogen) atoms. The molecule has 0 spiro atoms. The molecule has 0 bridgehead atoms. The first kappa shape index (κ1) is 18.9. The van der Waals surface area contributed by atoms with E-state index in [9.17, 15) is 19.7 Å². The van der Waals surface area contributed by atoms with Crippen LogP contribution >= 0.6 is 0 Å². The Labute approximate surface area is 160 Å². The number of non-ortho nitro benzene ring substituents is 1. The Morgan fingerprint density at radius 3 is 2.82 bits per heavy atom. The van der Waals surface area contributed by atoms with Crippen LogP contribution in [0.25, 0.3) is 0 Å². The van der Waals surface area contributed by atoms with E-state index in [1.165, 1.54) is 30.3 Å². The molecular formula is C17H18N7O4+. The number of likely N-dealkylation sites (N-methyl/N-ethyl adjacent to an activating group) is 2. The number of hydrogen-bond acceptors (Lipinski definition) is 7. The predicted molar refractivity (Wildman–Crippen MR) is 101 cm³/mol. The lowest BCUT2D eigenvalue weighted by Crippen LogP contribution is -2.61. The summed E-state index contributed by atoms with van der Waals surface area (Å²) in [4.78, 5) is 41.7. The number of carbonyl (C=O) groups excluding carboxylic acids is 2. The lowest BCUT2D eigenvalue weighted by Gasteiger charge is -2.31. The van der Waals surface area contributed by atoms with Crippen LogP contribution in [0, 0.1) is 10.1 Å². The van der Waals surface area contributed by atoms with E-state index in [1.54, 1.807) is 29.8 Å². The van der Waals surface area contributed by atoms with Crippen LogP contribution in [0.4, 0.5) is 10.5 Å².